The van der Waals surface area contributed by atoms with Crippen LogP contribution in [0.5, 0.6) is 0 Å². The number of rotatable bonds is 0. The molecule has 0 heterocycles. The summed E-state index contributed by atoms with van der Waals surface area (Å²) >= 11 is 0. The van der Waals surface area contributed by atoms with Crippen molar-refractivity contribution in [3.8, 4) is 0 Å². The Bertz CT molecular complexity index is 146. The zero-order valence-corrected chi connectivity index (χ0v) is 9.05. The summed E-state index contributed by atoms with van der Waals surface area (Å²) < 4.78 is 0. The van der Waals surface area contributed by atoms with Crippen LogP contribution in [0.15, 0.2) is 12.2 Å². The maximum absolute atomic E-state index is 2.49. The van der Waals surface area contributed by atoms with Crippen molar-refractivity contribution < 1.29 is 0 Å². The summed E-state index contributed by atoms with van der Waals surface area (Å²) in [6, 6.07) is 0. The molecule has 1 saturated carbocycles. The standard InChI is InChI=1S/C10H16.2ClH/c1-2-6-10(7-3-1)8-4-5-9-10;;/h4,8H,1-3,5-7,9H2;2*1H. The monoisotopic (exact) mass is 208 g/mol. The SMILES string of the molecule is C1=CC2(CC1)CCCCC2.Cl.Cl. The van der Waals surface area contributed by atoms with Crippen molar-refractivity contribution in [3.63, 3.8) is 0 Å². The van der Waals surface area contributed by atoms with Gasteiger partial charge in [-0.25, -0.2) is 0 Å². The van der Waals surface area contributed by atoms with E-state index in [2.05, 4.69) is 12.2 Å². The van der Waals surface area contributed by atoms with Gasteiger partial charge in [0.25, 0.3) is 0 Å². The average molecular weight is 209 g/mol. The van der Waals surface area contributed by atoms with Crippen molar-refractivity contribution in [2.24, 2.45) is 5.41 Å². The lowest BCUT2D eigenvalue weighted by molar-refractivity contribution is 0.254. The predicted octanol–water partition coefficient (Wildman–Crippen LogP) is 4.13. The molecule has 0 aromatic heterocycles. The van der Waals surface area contributed by atoms with Crippen LogP contribution in [0, 0.1) is 5.41 Å². The molecule has 0 N–H and O–H groups in total. The Labute approximate surface area is 87.6 Å². The van der Waals surface area contributed by atoms with Crippen LogP contribution < -0.4 is 0 Å². The van der Waals surface area contributed by atoms with E-state index in [1.165, 1.54) is 44.9 Å². The van der Waals surface area contributed by atoms with Crippen molar-refractivity contribution >= 4 is 24.8 Å². The van der Waals surface area contributed by atoms with Gasteiger partial charge in [-0.2, -0.15) is 0 Å². The average Bonchev–Trinajstić information content (AvgIpc) is 2.39. The summed E-state index contributed by atoms with van der Waals surface area (Å²) in [6.07, 6.45) is 15.1. The van der Waals surface area contributed by atoms with Gasteiger partial charge in [0.15, 0.2) is 0 Å². The molecule has 0 aliphatic heterocycles. The summed E-state index contributed by atoms with van der Waals surface area (Å²) in [5.41, 5.74) is 0.693. The maximum Gasteiger partial charge on any atom is -0.0115 e. The first-order chi connectivity index (χ1) is 4.91. The van der Waals surface area contributed by atoms with Gasteiger partial charge < -0.3 is 0 Å². The highest BCUT2D eigenvalue weighted by Crippen LogP contribution is 2.44. The van der Waals surface area contributed by atoms with Crippen LogP contribution in [-0.2, 0) is 0 Å². The first-order valence-corrected chi connectivity index (χ1v) is 4.59. The fraction of sp³-hybridized carbons (Fsp3) is 0.800. The number of halogens is 2. The molecule has 0 saturated heterocycles. The van der Waals surface area contributed by atoms with Gasteiger partial charge in [0.1, 0.15) is 0 Å². The molecule has 0 amide bonds. The van der Waals surface area contributed by atoms with Crippen molar-refractivity contribution in [2.75, 3.05) is 0 Å². The van der Waals surface area contributed by atoms with Crippen LogP contribution in [0.4, 0.5) is 0 Å². The third-order valence-corrected chi connectivity index (χ3v) is 3.13. The fourth-order valence-corrected chi connectivity index (χ4v) is 2.46. The van der Waals surface area contributed by atoms with Crippen LogP contribution in [0.3, 0.4) is 0 Å². The smallest absolute Gasteiger partial charge is 0.0115 e. The van der Waals surface area contributed by atoms with E-state index in [0.29, 0.717) is 5.41 Å². The number of hydrogen-bond acceptors (Lipinski definition) is 0. The lowest BCUT2D eigenvalue weighted by Gasteiger charge is -2.31. The molecule has 0 nitrogen and oxygen atoms in total. The Balaban J connectivity index is 0.000000605. The second-order valence-electron chi connectivity index (χ2n) is 3.86. The molecule has 2 heteroatoms. The first kappa shape index (κ1) is 12.3. The van der Waals surface area contributed by atoms with Gasteiger partial charge in [0.2, 0.25) is 0 Å². The Kier molecular flexibility index (Phi) is 5.27. The minimum absolute atomic E-state index is 0. The molecule has 0 aromatic carbocycles. The van der Waals surface area contributed by atoms with E-state index >= 15 is 0 Å². The molecule has 0 bridgehead atoms. The zero-order chi connectivity index (χ0) is 6.86. The lowest BCUT2D eigenvalue weighted by atomic mass is 9.74. The van der Waals surface area contributed by atoms with E-state index < -0.39 is 0 Å². The first-order valence-electron chi connectivity index (χ1n) is 4.59. The Hall–Kier alpha value is 0.320. The summed E-state index contributed by atoms with van der Waals surface area (Å²) in [5.74, 6) is 0. The topological polar surface area (TPSA) is 0 Å². The molecule has 0 unspecified atom stereocenters. The Morgan fingerprint density at radius 3 is 2.00 bits per heavy atom. The second-order valence-corrected chi connectivity index (χ2v) is 3.86. The van der Waals surface area contributed by atoms with E-state index in [-0.39, 0.29) is 24.8 Å². The molecule has 0 radical (unpaired) electrons. The zero-order valence-electron chi connectivity index (χ0n) is 7.42. The molecule has 2 aliphatic rings. The predicted molar refractivity (Wildman–Crippen MR) is 58.4 cm³/mol. The van der Waals surface area contributed by atoms with Crippen LogP contribution in [-0.4, -0.2) is 0 Å². The summed E-state index contributed by atoms with van der Waals surface area (Å²) in [6.45, 7) is 0. The summed E-state index contributed by atoms with van der Waals surface area (Å²) in [4.78, 5) is 0. The molecular formula is C10H18Cl2. The lowest BCUT2D eigenvalue weighted by Crippen LogP contribution is -2.18. The molecule has 2 aliphatic carbocycles. The van der Waals surface area contributed by atoms with Gasteiger partial charge in [-0.1, -0.05) is 31.4 Å². The van der Waals surface area contributed by atoms with Gasteiger partial charge in [-0.3, -0.25) is 0 Å². The van der Waals surface area contributed by atoms with E-state index in [1.54, 1.807) is 0 Å². The number of hydrogen-bond donors (Lipinski definition) is 0. The summed E-state index contributed by atoms with van der Waals surface area (Å²) in [7, 11) is 0. The Morgan fingerprint density at radius 2 is 1.50 bits per heavy atom. The summed E-state index contributed by atoms with van der Waals surface area (Å²) in [5, 5.41) is 0. The van der Waals surface area contributed by atoms with E-state index in [0.717, 1.165) is 0 Å². The minimum Gasteiger partial charge on any atom is -0.147 e. The molecule has 1 spiro atoms. The van der Waals surface area contributed by atoms with E-state index in [9.17, 15) is 0 Å². The molecule has 72 valence electrons. The minimum atomic E-state index is 0. The molecule has 12 heavy (non-hydrogen) atoms. The van der Waals surface area contributed by atoms with Crippen LogP contribution in [0.25, 0.3) is 0 Å². The van der Waals surface area contributed by atoms with Gasteiger partial charge in [0, 0.05) is 0 Å². The molecular weight excluding hydrogens is 191 g/mol. The van der Waals surface area contributed by atoms with Crippen molar-refractivity contribution in [1.29, 1.82) is 0 Å². The quantitative estimate of drug-likeness (QED) is 0.526. The Morgan fingerprint density at radius 1 is 0.833 bits per heavy atom. The third kappa shape index (κ3) is 2.40. The van der Waals surface area contributed by atoms with Crippen molar-refractivity contribution in [2.45, 2.75) is 44.9 Å². The normalized spacial score (nSPS) is 24.7. The van der Waals surface area contributed by atoms with Gasteiger partial charge in [-0.15, -0.1) is 24.8 Å². The van der Waals surface area contributed by atoms with Gasteiger partial charge >= 0.3 is 0 Å². The molecule has 0 aromatic rings. The highest BCUT2D eigenvalue weighted by atomic mass is 35.5. The highest BCUT2D eigenvalue weighted by molar-refractivity contribution is 5.85. The molecule has 2 rings (SSSR count). The third-order valence-electron chi connectivity index (χ3n) is 3.13. The highest BCUT2D eigenvalue weighted by Gasteiger charge is 2.30. The molecule has 1 fully saturated rings. The van der Waals surface area contributed by atoms with E-state index in [4.69, 9.17) is 0 Å². The second kappa shape index (κ2) is 5.14. The van der Waals surface area contributed by atoms with Gasteiger partial charge in [-0.05, 0) is 31.1 Å². The molecule has 0 atom stereocenters. The van der Waals surface area contributed by atoms with Crippen LogP contribution >= 0.6 is 24.8 Å². The van der Waals surface area contributed by atoms with E-state index in [1.807, 2.05) is 0 Å². The van der Waals surface area contributed by atoms with Crippen molar-refractivity contribution in [3.05, 3.63) is 12.2 Å². The van der Waals surface area contributed by atoms with Crippen LogP contribution in [0.1, 0.15) is 44.9 Å². The number of allylic oxidation sites excluding steroid dienone is 2. The largest absolute Gasteiger partial charge is 0.147 e. The fourth-order valence-electron chi connectivity index (χ4n) is 2.46. The van der Waals surface area contributed by atoms with Crippen LogP contribution in [0.2, 0.25) is 0 Å². The van der Waals surface area contributed by atoms with Crippen molar-refractivity contribution in [1.82, 2.24) is 0 Å². The van der Waals surface area contributed by atoms with Gasteiger partial charge in [0.05, 0.1) is 0 Å². The maximum atomic E-state index is 2.49.